The van der Waals surface area contributed by atoms with Crippen molar-refractivity contribution in [2.24, 2.45) is 11.8 Å². The lowest BCUT2D eigenvalue weighted by Gasteiger charge is -2.23. The molecule has 5 rings (SSSR count). The molecule has 23 heavy (non-hydrogen) atoms. The Morgan fingerprint density at radius 2 is 2.04 bits per heavy atom. The first kappa shape index (κ1) is 13.3. The lowest BCUT2D eigenvalue weighted by Crippen LogP contribution is -2.44. The fourth-order valence-corrected chi connectivity index (χ4v) is 4.15. The summed E-state index contributed by atoms with van der Waals surface area (Å²) < 4.78 is 6.11. The van der Waals surface area contributed by atoms with Gasteiger partial charge in [0.25, 0.3) is 0 Å². The fraction of sp³-hybridized carbons (Fsp3) is 0.444. The minimum absolute atomic E-state index is 0.000929. The van der Waals surface area contributed by atoms with Crippen molar-refractivity contribution in [1.29, 1.82) is 0 Å². The van der Waals surface area contributed by atoms with Gasteiger partial charge in [-0.1, -0.05) is 30.4 Å². The highest BCUT2D eigenvalue weighted by molar-refractivity contribution is 6.03. The normalized spacial score (nSPS) is 37.3. The highest BCUT2D eigenvalue weighted by Crippen LogP contribution is 2.52. The average molecular weight is 310 g/mol. The number of nitrogens with zero attached hydrogens (tertiary/aromatic N) is 1. The van der Waals surface area contributed by atoms with Crippen LogP contribution in [0.5, 0.6) is 0 Å². The van der Waals surface area contributed by atoms with E-state index in [1.807, 2.05) is 42.5 Å². The maximum Gasteiger partial charge on any atom is 0.234 e. The Morgan fingerprint density at radius 1 is 1.26 bits per heavy atom. The topological polar surface area (TPSA) is 58.6 Å². The van der Waals surface area contributed by atoms with Gasteiger partial charge in [-0.05, 0) is 25.0 Å². The van der Waals surface area contributed by atoms with E-state index in [4.69, 9.17) is 4.74 Å². The van der Waals surface area contributed by atoms with Crippen molar-refractivity contribution in [2.75, 3.05) is 11.4 Å². The number of amides is 2. The molecule has 2 saturated heterocycles. The molecule has 1 aromatic rings. The molecular weight excluding hydrogens is 292 g/mol. The summed E-state index contributed by atoms with van der Waals surface area (Å²) in [5, 5.41) is 3.04. The van der Waals surface area contributed by atoms with Gasteiger partial charge in [0, 0.05) is 11.7 Å². The highest BCUT2D eigenvalue weighted by atomic mass is 16.5. The lowest BCUT2D eigenvalue weighted by molar-refractivity contribution is -0.132. The van der Waals surface area contributed by atoms with Gasteiger partial charge in [-0.25, -0.2) is 0 Å². The molecule has 1 spiro atoms. The predicted molar refractivity (Wildman–Crippen MR) is 83.7 cm³/mol. The summed E-state index contributed by atoms with van der Waals surface area (Å²) in [7, 11) is 0. The van der Waals surface area contributed by atoms with Crippen molar-refractivity contribution < 1.29 is 14.3 Å². The van der Waals surface area contributed by atoms with Crippen LogP contribution in [-0.2, 0) is 14.3 Å². The van der Waals surface area contributed by atoms with E-state index < -0.39 is 17.4 Å². The summed E-state index contributed by atoms with van der Waals surface area (Å²) in [4.78, 5) is 27.4. The number of benzene rings is 1. The van der Waals surface area contributed by atoms with Crippen LogP contribution in [0, 0.1) is 11.8 Å². The third kappa shape index (κ3) is 1.83. The molecular formula is C18H18N2O3. The first-order valence-corrected chi connectivity index (χ1v) is 8.22. The van der Waals surface area contributed by atoms with Crippen LogP contribution in [0.15, 0.2) is 42.5 Å². The van der Waals surface area contributed by atoms with Crippen LogP contribution in [0.3, 0.4) is 0 Å². The molecule has 1 aliphatic carbocycles. The number of anilines is 1. The van der Waals surface area contributed by atoms with E-state index >= 15 is 0 Å². The molecule has 1 N–H and O–H groups in total. The molecule has 2 amide bonds. The molecule has 1 saturated carbocycles. The van der Waals surface area contributed by atoms with Gasteiger partial charge in [-0.15, -0.1) is 0 Å². The highest BCUT2D eigenvalue weighted by Gasteiger charge is 2.67. The van der Waals surface area contributed by atoms with Gasteiger partial charge in [-0.2, -0.15) is 0 Å². The van der Waals surface area contributed by atoms with Crippen LogP contribution in [0.4, 0.5) is 5.69 Å². The summed E-state index contributed by atoms with van der Waals surface area (Å²) >= 11 is 0. The molecule has 0 unspecified atom stereocenters. The Kier molecular flexibility index (Phi) is 2.57. The van der Waals surface area contributed by atoms with Crippen LogP contribution < -0.4 is 10.2 Å². The van der Waals surface area contributed by atoms with Crippen LogP contribution in [-0.4, -0.2) is 36.1 Å². The van der Waals surface area contributed by atoms with Crippen LogP contribution in [0.25, 0.3) is 0 Å². The van der Waals surface area contributed by atoms with Gasteiger partial charge in [-0.3, -0.25) is 9.59 Å². The Morgan fingerprint density at radius 3 is 2.78 bits per heavy atom. The Bertz CT molecular complexity index is 712. The smallest absolute Gasteiger partial charge is 0.234 e. The summed E-state index contributed by atoms with van der Waals surface area (Å²) in [5.74, 6) is -0.839. The number of hydrogen-bond acceptors (Lipinski definition) is 3. The zero-order valence-electron chi connectivity index (χ0n) is 12.6. The van der Waals surface area contributed by atoms with E-state index in [2.05, 4.69) is 5.32 Å². The third-order valence-corrected chi connectivity index (χ3v) is 5.39. The van der Waals surface area contributed by atoms with Gasteiger partial charge < -0.3 is 15.0 Å². The van der Waals surface area contributed by atoms with Crippen LogP contribution in [0.1, 0.15) is 12.8 Å². The van der Waals surface area contributed by atoms with Gasteiger partial charge in [0.05, 0.1) is 24.5 Å². The number of ether oxygens (including phenoxy) is 1. The lowest BCUT2D eigenvalue weighted by atomic mass is 9.77. The van der Waals surface area contributed by atoms with Crippen LogP contribution >= 0.6 is 0 Å². The zero-order chi connectivity index (χ0) is 15.6. The number of carbonyl (C=O) groups is 2. The molecule has 0 radical (unpaired) electrons. The fourth-order valence-electron chi connectivity index (χ4n) is 4.15. The van der Waals surface area contributed by atoms with Crippen molar-refractivity contribution in [3.63, 3.8) is 0 Å². The van der Waals surface area contributed by atoms with Crippen molar-refractivity contribution >= 4 is 17.5 Å². The molecule has 4 atom stereocenters. The van der Waals surface area contributed by atoms with Crippen molar-refractivity contribution in [1.82, 2.24) is 5.32 Å². The molecule has 118 valence electrons. The first-order chi connectivity index (χ1) is 11.2. The SMILES string of the molecule is O=C(NC1CC1)[C@@H]1[C@@H]2C=C[C@@]3(CN(c4ccccc4)C(=O)[C@@H]13)O2. The largest absolute Gasteiger partial charge is 0.360 e. The zero-order valence-corrected chi connectivity index (χ0v) is 12.6. The van der Waals surface area contributed by atoms with Gasteiger partial charge in [0.2, 0.25) is 11.8 Å². The predicted octanol–water partition coefficient (Wildman–Crippen LogP) is 1.25. The second-order valence-electron chi connectivity index (χ2n) is 6.94. The van der Waals surface area contributed by atoms with Crippen molar-refractivity contribution in [3.05, 3.63) is 42.5 Å². The van der Waals surface area contributed by atoms with E-state index in [-0.39, 0.29) is 17.9 Å². The summed E-state index contributed by atoms with van der Waals surface area (Å²) in [5.41, 5.74) is 0.228. The molecule has 4 aliphatic rings. The average Bonchev–Trinajstić information content (AvgIpc) is 3.09. The quantitative estimate of drug-likeness (QED) is 0.855. The molecule has 3 aliphatic heterocycles. The number of rotatable bonds is 3. The Balaban J connectivity index is 1.48. The van der Waals surface area contributed by atoms with Crippen molar-refractivity contribution in [3.8, 4) is 0 Å². The second kappa shape index (κ2) is 4.45. The van der Waals surface area contributed by atoms with Gasteiger partial charge >= 0.3 is 0 Å². The number of fused-ring (bicyclic) bond motifs is 1. The minimum atomic E-state index is -0.636. The van der Waals surface area contributed by atoms with Gasteiger partial charge in [0.1, 0.15) is 5.60 Å². The minimum Gasteiger partial charge on any atom is -0.360 e. The van der Waals surface area contributed by atoms with E-state index in [9.17, 15) is 9.59 Å². The maximum absolute atomic E-state index is 13.0. The van der Waals surface area contributed by atoms with E-state index in [0.29, 0.717) is 12.6 Å². The molecule has 5 nitrogen and oxygen atoms in total. The molecule has 5 heteroatoms. The molecule has 3 heterocycles. The van der Waals surface area contributed by atoms with E-state index in [1.165, 1.54) is 0 Å². The Labute approximate surface area is 134 Å². The van der Waals surface area contributed by atoms with E-state index in [0.717, 1.165) is 18.5 Å². The van der Waals surface area contributed by atoms with Crippen molar-refractivity contribution in [2.45, 2.75) is 30.6 Å². The number of nitrogens with one attached hydrogen (secondary N) is 1. The third-order valence-electron chi connectivity index (χ3n) is 5.39. The number of para-hydroxylation sites is 1. The Hall–Kier alpha value is -2.14. The molecule has 3 fully saturated rings. The van der Waals surface area contributed by atoms with E-state index in [1.54, 1.807) is 4.90 Å². The standard InChI is InChI=1S/C18H18N2O3/c21-16(19-11-6-7-11)14-13-8-9-18(23-13)10-20(17(22)15(14)18)12-4-2-1-3-5-12/h1-5,8-9,11,13-15H,6-7,10H2,(H,19,21)/t13-,14+,15+,18-/m0/s1. The maximum atomic E-state index is 13.0. The monoisotopic (exact) mass is 310 g/mol. The second-order valence-corrected chi connectivity index (χ2v) is 6.94. The summed E-state index contributed by atoms with van der Waals surface area (Å²) in [6.45, 7) is 0.487. The summed E-state index contributed by atoms with van der Waals surface area (Å²) in [6.07, 6.45) is 5.76. The number of hydrogen-bond donors (Lipinski definition) is 1. The first-order valence-electron chi connectivity index (χ1n) is 8.22. The van der Waals surface area contributed by atoms with Gasteiger partial charge in [0.15, 0.2) is 0 Å². The molecule has 0 aromatic heterocycles. The molecule has 2 bridgehead atoms. The summed E-state index contributed by atoms with van der Waals surface area (Å²) in [6, 6.07) is 9.90. The number of carbonyl (C=O) groups excluding carboxylic acids is 2. The molecule has 1 aromatic carbocycles. The van der Waals surface area contributed by atoms with Crippen LogP contribution in [0.2, 0.25) is 0 Å².